The van der Waals surface area contributed by atoms with E-state index < -0.39 is 0 Å². The Labute approximate surface area is 207 Å². The van der Waals surface area contributed by atoms with Crippen LogP contribution in [0.3, 0.4) is 0 Å². The summed E-state index contributed by atoms with van der Waals surface area (Å²) in [5.74, 6) is 0. The molecule has 6 rings (SSSR count). The van der Waals surface area contributed by atoms with Gasteiger partial charge < -0.3 is 0 Å². The second-order valence-corrected chi connectivity index (χ2v) is 9.65. The first kappa shape index (κ1) is 21.4. The van der Waals surface area contributed by atoms with Crippen molar-refractivity contribution >= 4 is 21.5 Å². The van der Waals surface area contributed by atoms with Crippen molar-refractivity contribution in [3.63, 3.8) is 0 Å². The summed E-state index contributed by atoms with van der Waals surface area (Å²) >= 11 is 0. The van der Waals surface area contributed by atoms with Crippen molar-refractivity contribution < 1.29 is 0 Å². The van der Waals surface area contributed by atoms with Crippen molar-refractivity contribution in [2.24, 2.45) is 0 Å². The number of hydrogen-bond donors (Lipinski definition) is 0. The number of rotatable bonds is 3. The third kappa shape index (κ3) is 3.82. The maximum Gasteiger partial charge on any atom is -0.00262 e. The lowest BCUT2D eigenvalue weighted by atomic mass is 9.84. The molecule has 0 aliphatic heterocycles. The fourth-order valence-electron chi connectivity index (χ4n) is 5.17. The molecule has 6 aromatic rings. The highest BCUT2D eigenvalue weighted by Crippen LogP contribution is 2.44. The van der Waals surface area contributed by atoms with Crippen LogP contribution in [0.25, 0.3) is 54.9 Å². The van der Waals surface area contributed by atoms with Crippen LogP contribution in [0.15, 0.2) is 115 Å². The van der Waals surface area contributed by atoms with Gasteiger partial charge in [0.25, 0.3) is 0 Å². The molecule has 0 saturated heterocycles. The maximum atomic E-state index is 2.39. The van der Waals surface area contributed by atoms with Gasteiger partial charge in [-0.2, -0.15) is 0 Å². The Morgan fingerprint density at radius 3 is 1.17 bits per heavy atom. The van der Waals surface area contributed by atoms with E-state index in [0.29, 0.717) is 0 Å². The van der Waals surface area contributed by atoms with Gasteiger partial charge in [0.05, 0.1) is 0 Å². The molecule has 0 unspecified atom stereocenters. The van der Waals surface area contributed by atoms with Gasteiger partial charge in [-0.1, -0.05) is 126 Å². The summed E-state index contributed by atoms with van der Waals surface area (Å²) in [7, 11) is 0. The number of aryl methyl sites for hydroxylation is 3. The van der Waals surface area contributed by atoms with E-state index in [1.807, 2.05) is 0 Å². The highest BCUT2D eigenvalue weighted by Gasteiger charge is 2.17. The Hall–Kier alpha value is -4.16. The minimum absolute atomic E-state index is 1.25. The van der Waals surface area contributed by atoms with Crippen LogP contribution in [0, 0.1) is 20.8 Å². The molecule has 0 spiro atoms. The molecule has 0 saturated carbocycles. The Morgan fingerprint density at radius 2 is 0.686 bits per heavy atom. The molecule has 0 N–H and O–H groups in total. The molecule has 0 heteroatoms. The van der Waals surface area contributed by atoms with Crippen molar-refractivity contribution in [3.8, 4) is 33.4 Å². The largest absolute Gasteiger partial charge is 0.0616 e. The summed E-state index contributed by atoms with van der Waals surface area (Å²) in [6.45, 7) is 6.43. The first-order valence-electron chi connectivity index (χ1n) is 12.3. The Kier molecular flexibility index (Phi) is 5.23. The summed E-state index contributed by atoms with van der Waals surface area (Å²) in [6, 6.07) is 42.6. The van der Waals surface area contributed by atoms with E-state index in [2.05, 4.69) is 136 Å². The molecule has 168 valence electrons. The Bertz CT molecular complexity index is 1670. The van der Waals surface area contributed by atoms with Crippen LogP contribution in [0.4, 0.5) is 0 Å². The van der Waals surface area contributed by atoms with Gasteiger partial charge in [0, 0.05) is 0 Å². The van der Waals surface area contributed by atoms with Crippen molar-refractivity contribution in [1.29, 1.82) is 0 Å². The number of benzene rings is 6. The summed E-state index contributed by atoms with van der Waals surface area (Å²) in [5.41, 5.74) is 11.5. The van der Waals surface area contributed by atoms with E-state index in [-0.39, 0.29) is 0 Å². The average molecular weight is 449 g/mol. The SMILES string of the molecule is Cc1ccc(-c2ccc3c(-c4ccc(C)cc4)c4ccccc4c(-c4ccc(C)cc4)c3c2)cc1. The Balaban J connectivity index is 1.75. The fraction of sp³-hybridized carbons (Fsp3) is 0.0857. The zero-order valence-electron chi connectivity index (χ0n) is 20.5. The van der Waals surface area contributed by atoms with E-state index in [9.17, 15) is 0 Å². The second-order valence-electron chi connectivity index (χ2n) is 9.65. The van der Waals surface area contributed by atoms with Crippen molar-refractivity contribution in [1.82, 2.24) is 0 Å². The lowest BCUT2D eigenvalue weighted by Gasteiger charge is -2.19. The van der Waals surface area contributed by atoms with Crippen LogP contribution < -0.4 is 0 Å². The standard InChI is InChI=1S/C35H28/c1-23-8-14-26(15-9-23)29-20-21-32-33(22-29)35(28-18-12-25(3)13-19-28)31-7-5-4-6-30(31)34(32)27-16-10-24(2)11-17-27/h4-22H,1-3H3. The molecule has 0 amide bonds. The minimum atomic E-state index is 1.25. The summed E-state index contributed by atoms with van der Waals surface area (Å²) in [6.07, 6.45) is 0. The fourth-order valence-corrected chi connectivity index (χ4v) is 5.17. The lowest BCUT2D eigenvalue weighted by molar-refractivity contribution is 1.47. The van der Waals surface area contributed by atoms with Crippen LogP contribution in [0.2, 0.25) is 0 Å². The predicted molar refractivity (Wildman–Crippen MR) is 152 cm³/mol. The lowest BCUT2D eigenvalue weighted by Crippen LogP contribution is -1.92. The smallest absolute Gasteiger partial charge is 0.00262 e. The van der Waals surface area contributed by atoms with Crippen LogP contribution in [-0.2, 0) is 0 Å². The first-order valence-corrected chi connectivity index (χ1v) is 12.3. The summed E-state index contributed by atoms with van der Waals surface area (Å²) in [5, 5.41) is 5.17. The van der Waals surface area contributed by atoms with Crippen LogP contribution in [0.5, 0.6) is 0 Å². The molecule has 0 radical (unpaired) electrons. The average Bonchev–Trinajstić information content (AvgIpc) is 2.89. The van der Waals surface area contributed by atoms with Crippen molar-refractivity contribution in [3.05, 3.63) is 132 Å². The molecule has 0 aromatic heterocycles. The van der Waals surface area contributed by atoms with E-state index in [0.717, 1.165) is 0 Å². The molecule has 0 aliphatic rings. The van der Waals surface area contributed by atoms with Crippen molar-refractivity contribution in [2.45, 2.75) is 20.8 Å². The quantitative estimate of drug-likeness (QED) is 0.236. The third-order valence-corrected chi connectivity index (χ3v) is 7.09. The van der Waals surface area contributed by atoms with Crippen LogP contribution in [-0.4, -0.2) is 0 Å². The summed E-state index contributed by atoms with van der Waals surface area (Å²) in [4.78, 5) is 0. The molecule has 0 atom stereocenters. The van der Waals surface area contributed by atoms with Gasteiger partial charge in [-0.05, 0) is 81.8 Å². The number of fused-ring (bicyclic) bond motifs is 2. The van der Waals surface area contributed by atoms with E-state index in [1.54, 1.807) is 0 Å². The normalized spacial score (nSPS) is 11.3. The first-order chi connectivity index (χ1) is 17.1. The molecule has 6 aromatic carbocycles. The number of hydrogen-bond acceptors (Lipinski definition) is 0. The van der Waals surface area contributed by atoms with E-state index >= 15 is 0 Å². The van der Waals surface area contributed by atoms with Crippen LogP contribution >= 0.6 is 0 Å². The van der Waals surface area contributed by atoms with Gasteiger partial charge in [-0.25, -0.2) is 0 Å². The highest BCUT2D eigenvalue weighted by atomic mass is 14.2. The van der Waals surface area contributed by atoms with Gasteiger partial charge in [0.1, 0.15) is 0 Å². The zero-order valence-corrected chi connectivity index (χ0v) is 20.5. The molecule has 0 heterocycles. The molecule has 0 bridgehead atoms. The van der Waals surface area contributed by atoms with Gasteiger partial charge in [0.15, 0.2) is 0 Å². The maximum absolute atomic E-state index is 2.39. The molecule has 0 aliphatic carbocycles. The molecular weight excluding hydrogens is 420 g/mol. The van der Waals surface area contributed by atoms with E-state index in [4.69, 9.17) is 0 Å². The zero-order chi connectivity index (χ0) is 23.9. The van der Waals surface area contributed by atoms with Crippen LogP contribution in [0.1, 0.15) is 16.7 Å². The third-order valence-electron chi connectivity index (χ3n) is 7.09. The molecule has 35 heavy (non-hydrogen) atoms. The van der Waals surface area contributed by atoms with Gasteiger partial charge in [0.2, 0.25) is 0 Å². The van der Waals surface area contributed by atoms with Gasteiger partial charge in [-0.15, -0.1) is 0 Å². The highest BCUT2D eigenvalue weighted by molar-refractivity contribution is 6.21. The monoisotopic (exact) mass is 448 g/mol. The van der Waals surface area contributed by atoms with Gasteiger partial charge >= 0.3 is 0 Å². The molecular formula is C35H28. The Morgan fingerprint density at radius 1 is 0.314 bits per heavy atom. The van der Waals surface area contributed by atoms with Crippen molar-refractivity contribution in [2.75, 3.05) is 0 Å². The summed E-state index contributed by atoms with van der Waals surface area (Å²) < 4.78 is 0. The predicted octanol–water partition coefficient (Wildman–Crippen LogP) is 9.92. The van der Waals surface area contributed by atoms with Gasteiger partial charge in [-0.3, -0.25) is 0 Å². The van der Waals surface area contributed by atoms with E-state index in [1.165, 1.54) is 71.6 Å². The second kappa shape index (κ2) is 8.56. The minimum Gasteiger partial charge on any atom is -0.0616 e. The molecule has 0 fully saturated rings. The molecule has 0 nitrogen and oxygen atoms in total. The topological polar surface area (TPSA) is 0 Å².